The molecule has 1 fully saturated rings. The van der Waals surface area contributed by atoms with E-state index in [0.29, 0.717) is 11.3 Å². The average molecular weight is 452 g/mol. The van der Waals surface area contributed by atoms with Gasteiger partial charge in [0.25, 0.3) is 17.5 Å². The van der Waals surface area contributed by atoms with Gasteiger partial charge in [0, 0.05) is 17.7 Å². The van der Waals surface area contributed by atoms with E-state index < -0.39 is 22.8 Å². The van der Waals surface area contributed by atoms with Gasteiger partial charge in [0.1, 0.15) is 17.1 Å². The molecule has 2 aromatic carbocycles. The van der Waals surface area contributed by atoms with E-state index >= 15 is 0 Å². The Hall–Kier alpha value is -4.24. The Bertz CT molecular complexity index is 1310. The molecule has 9 nitrogen and oxygen atoms in total. The summed E-state index contributed by atoms with van der Waals surface area (Å²) in [4.78, 5) is 48.7. The van der Waals surface area contributed by atoms with Gasteiger partial charge in [0.05, 0.1) is 15.6 Å². The molecule has 10 heteroatoms. The summed E-state index contributed by atoms with van der Waals surface area (Å²) >= 11 is 6.13. The van der Waals surface area contributed by atoms with E-state index in [1.807, 2.05) is 6.92 Å². The molecular formula is C22H14ClN3O6. The zero-order valence-corrected chi connectivity index (χ0v) is 17.3. The number of barbiturate groups is 1. The highest BCUT2D eigenvalue weighted by Gasteiger charge is 2.37. The first-order valence-electron chi connectivity index (χ1n) is 9.27. The van der Waals surface area contributed by atoms with Crippen LogP contribution >= 0.6 is 11.6 Å². The number of amides is 4. The molecule has 0 atom stereocenters. The van der Waals surface area contributed by atoms with E-state index in [9.17, 15) is 24.5 Å². The summed E-state index contributed by atoms with van der Waals surface area (Å²) in [6.45, 7) is 1.86. The summed E-state index contributed by atoms with van der Waals surface area (Å²) in [6, 6.07) is 12.8. The summed E-state index contributed by atoms with van der Waals surface area (Å²) < 4.78 is 5.67. The highest BCUT2D eigenvalue weighted by atomic mass is 35.5. The van der Waals surface area contributed by atoms with E-state index in [1.165, 1.54) is 30.3 Å². The lowest BCUT2D eigenvalue weighted by molar-refractivity contribution is -0.384. The third-order valence-corrected chi connectivity index (χ3v) is 5.05. The van der Waals surface area contributed by atoms with E-state index in [1.54, 1.807) is 30.3 Å². The van der Waals surface area contributed by atoms with Crippen molar-refractivity contribution in [2.75, 3.05) is 4.90 Å². The number of urea groups is 1. The number of nitrogens with zero attached hydrogens (tertiary/aromatic N) is 2. The Morgan fingerprint density at radius 2 is 1.78 bits per heavy atom. The predicted molar refractivity (Wildman–Crippen MR) is 116 cm³/mol. The van der Waals surface area contributed by atoms with Gasteiger partial charge in [-0.15, -0.1) is 0 Å². The molecule has 3 aromatic rings. The minimum Gasteiger partial charge on any atom is -0.457 e. The number of anilines is 1. The summed E-state index contributed by atoms with van der Waals surface area (Å²) in [5.74, 6) is -1.21. The molecule has 1 saturated heterocycles. The van der Waals surface area contributed by atoms with Gasteiger partial charge in [-0.3, -0.25) is 25.0 Å². The van der Waals surface area contributed by atoms with Gasteiger partial charge >= 0.3 is 6.03 Å². The molecular weight excluding hydrogens is 438 g/mol. The maximum absolute atomic E-state index is 12.9. The molecule has 4 rings (SSSR count). The maximum atomic E-state index is 12.9. The van der Waals surface area contributed by atoms with Crippen LogP contribution in [0.15, 0.2) is 64.6 Å². The zero-order valence-electron chi connectivity index (χ0n) is 16.5. The van der Waals surface area contributed by atoms with Crippen LogP contribution in [0.5, 0.6) is 0 Å². The third-order valence-electron chi connectivity index (χ3n) is 4.74. The number of non-ortho nitro benzene ring substituents is 1. The Kier molecular flexibility index (Phi) is 5.33. The van der Waals surface area contributed by atoms with Gasteiger partial charge in [-0.1, -0.05) is 29.3 Å². The first-order valence-corrected chi connectivity index (χ1v) is 9.64. The van der Waals surface area contributed by atoms with Crippen LogP contribution in [0.1, 0.15) is 11.3 Å². The summed E-state index contributed by atoms with van der Waals surface area (Å²) in [5, 5.41) is 13.1. The summed E-state index contributed by atoms with van der Waals surface area (Å²) in [6.07, 6.45) is 1.22. The Morgan fingerprint density at radius 3 is 2.44 bits per heavy atom. The van der Waals surface area contributed by atoms with Crippen molar-refractivity contribution in [3.05, 3.63) is 86.6 Å². The van der Waals surface area contributed by atoms with E-state index in [4.69, 9.17) is 16.0 Å². The lowest BCUT2D eigenvalue weighted by Gasteiger charge is -2.26. The second kappa shape index (κ2) is 8.12. The molecule has 4 amide bonds. The maximum Gasteiger partial charge on any atom is 0.335 e. The van der Waals surface area contributed by atoms with Crippen molar-refractivity contribution in [3.63, 3.8) is 0 Å². The Labute approximate surface area is 186 Å². The van der Waals surface area contributed by atoms with Gasteiger partial charge in [0.15, 0.2) is 0 Å². The minimum absolute atomic E-state index is 0.107. The largest absolute Gasteiger partial charge is 0.457 e. The van der Waals surface area contributed by atoms with Gasteiger partial charge < -0.3 is 4.42 Å². The van der Waals surface area contributed by atoms with Crippen LogP contribution in [-0.2, 0) is 9.59 Å². The monoisotopic (exact) mass is 451 g/mol. The zero-order chi connectivity index (χ0) is 23.0. The van der Waals surface area contributed by atoms with E-state index in [-0.39, 0.29) is 27.8 Å². The second-order valence-corrected chi connectivity index (χ2v) is 7.32. The number of carbonyl (C=O) groups is 3. The molecule has 1 aliphatic rings. The fourth-order valence-electron chi connectivity index (χ4n) is 3.12. The number of nitro benzene ring substituents is 1. The standard InChI is InChI=1S/C22H14ClN3O6/c1-12-2-4-13(5-3-12)25-21(28)17(20(27)24-22(25)29)11-15-7-9-19(32-15)16-8-6-14(26(30)31)10-18(16)23/h2-11H,1H3,(H,24,27,29). The number of rotatable bonds is 4. The lowest BCUT2D eigenvalue weighted by Crippen LogP contribution is -2.54. The smallest absolute Gasteiger partial charge is 0.335 e. The van der Waals surface area contributed by atoms with Crippen molar-refractivity contribution in [1.82, 2.24) is 5.32 Å². The molecule has 1 N–H and O–H groups in total. The van der Waals surface area contributed by atoms with Crippen molar-refractivity contribution in [2.45, 2.75) is 6.92 Å². The topological polar surface area (TPSA) is 123 Å². The van der Waals surface area contributed by atoms with Crippen LogP contribution in [0.2, 0.25) is 5.02 Å². The lowest BCUT2D eigenvalue weighted by atomic mass is 10.1. The fourth-order valence-corrected chi connectivity index (χ4v) is 3.39. The SMILES string of the molecule is Cc1ccc(N2C(=O)NC(=O)C(=Cc3ccc(-c4ccc([N+](=O)[O-])cc4Cl)o3)C2=O)cc1. The minimum atomic E-state index is -0.852. The van der Waals surface area contributed by atoms with Gasteiger partial charge in [-0.05, 0) is 43.3 Å². The molecule has 160 valence electrons. The second-order valence-electron chi connectivity index (χ2n) is 6.92. The number of hydrogen-bond donors (Lipinski definition) is 1. The number of benzene rings is 2. The number of imide groups is 2. The van der Waals surface area contributed by atoms with Crippen molar-refractivity contribution in [1.29, 1.82) is 0 Å². The highest BCUT2D eigenvalue weighted by Crippen LogP contribution is 2.33. The number of nitro groups is 1. The molecule has 0 radical (unpaired) electrons. The van der Waals surface area contributed by atoms with Crippen molar-refractivity contribution < 1.29 is 23.7 Å². The predicted octanol–water partition coefficient (Wildman–Crippen LogP) is 4.48. The number of aryl methyl sites for hydroxylation is 1. The third kappa shape index (κ3) is 3.88. The van der Waals surface area contributed by atoms with Crippen LogP contribution in [0, 0.1) is 17.0 Å². The molecule has 32 heavy (non-hydrogen) atoms. The fraction of sp³-hybridized carbons (Fsp3) is 0.0455. The number of carbonyl (C=O) groups excluding carboxylic acids is 3. The number of halogens is 1. The Morgan fingerprint density at radius 1 is 1.06 bits per heavy atom. The van der Waals surface area contributed by atoms with Gasteiger partial charge in [-0.25, -0.2) is 9.69 Å². The van der Waals surface area contributed by atoms with Crippen LogP contribution in [-0.4, -0.2) is 22.8 Å². The van der Waals surface area contributed by atoms with Crippen LogP contribution in [0.25, 0.3) is 17.4 Å². The van der Waals surface area contributed by atoms with Crippen LogP contribution in [0.4, 0.5) is 16.2 Å². The average Bonchev–Trinajstić information content (AvgIpc) is 3.20. The van der Waals surface area contributed by atoms with E-state index in [0.717, 1.165) is 10.5 Å². The van der Waals surface area contributed by atoms with Crippen molar-refractivity contribution >= 4 is 46.9 Å². The molecule has 0 saturated carbocycles. The summed E-state index contributed by atoms with van der Waals surface area (Å²) in [5.41, 5.74) is 1.20. The quantitative estimate of drug-likeness (QED) is 0.270. The van der Waals surface area contributed by atoms with Crippen LogP contribution in [0.3, 0.4) is 0 Å². The number of nitrogens with one attached hydrogen (secondary N) is 1. The molecule has 1 aromatic heterocycles. The Balaban J connectivity index is 1.66. The molecule has 1 aliphatic heterocycles. The molecule has 0 bridgehead atoms. The molecule has 0 unspecified atom stereocenters. The molecule has 2 heterocycles. The first-order chi connectivity index (χ1) is 15.2. The first kappa shape index (κ1) is 21.0. The number of hydrogen-bond acceptors (Lipinski definition) is 6. The van der Waals surface area contributed by atoms with Crippen molar-refractivity contribution in [2.24, 2.45) is 0 Å². The van der Waals surface area contributed by atoms with E-state index in [2.05, 4.69) is 5.32 Å². The number of furan rings is 1. The molecule has 0 aliphatic carbocycles. The van der Waals surface area contributed by atoms with Crippen LogP contribution < -0.4 is 10.2 Å². The summed E-state index contributed by atoms with van der Waals surface area (Å²) in [7, 11) is 0. The van der Waals surface area contributed by atoms with Gasteiger partial charge in [0.2, 0.25) is 0 Å². The normalized spacial score (nSPS) is 15.2. The van der Waals surface area contributed by atoms with Gasteiger partial charge in [-0.2, -0.15) is 0 Å². The van der Waals surface area contributed by atoms with Crippen molar-refractivity contribution in [3.8, 4) is 11.3 Å². The molecule has 0 spiro atoms. The highest BCUT2D eigenvalue weighted by molar-refractivity contribution is 6.39.